The maximum Gasteiger partial charge on any atom is 0.339 e. The fourth-order valence-corrected chi connectivity index (χ4v) is 1.94. The SMILES string of the molecule is COC(=O)c1ccccc1C(=O)OCc1ccc(C(N)=O)cc1. The summed E-state index contributed by atoms with van der Waals surface area (Å²) < 4.78 is 9.82. The van der Waals surface area contributed by atoms with Gasteiger partial charge in [-0.2, -0.15) is 0 Å². The van der Waals surface area contributed by atoms with E-state index in [2.05, 4.69) is 4.74 Å². The number of primary amides is 1. The van der Waals surface area contributed by atoms with Crippen LogP contribution in [0.15, 0.2) is 48.5 Å². The van der Waals surface area contributed by atoms with Crippen LogP contribution in [0.3, 0.4) is 0 Å². The summed E-state index contributed by atoms with van der Waals surface area (Å²) in [5, 5.41) is 0. The van der Waals surface area contributed by atoms with Crippen LogP contribution in [-0.2, 0) is 16.1 Å². The molecule has 0 aromatic heterocycles. The summed E-state index contributed by atoms with van der Waals surface area (Å²) in [5.74, 6) is -1.77. The lowest BCUT2D eigenvalue weighted by atomic mass is 10.1. The largest absolute Gasteiger partial charge is 0.465 e. The Morgan fingerprint density at radius 1 is 0.913 bits per heavy atom. The van der Waals surface area contributed by atoms with Crippen molar-refractivity contribution >= 4 is 17.8 Å². The van der Waals surface area contributed by atoms with Crippen molar-refractivity contribution in [2.75, 3.05) is 7.11 Å². The number of nitrogens with two attached hydrogens (primary N) is 1. The molecule has 0 saturated carbocycles. The Morgan fingerprint density at radius 3 is 2.00 bits per heavy atom. The van der Waals surface area contributed by atoms with Gasteiger partial charge in [0.05, 0.1) is 18.2 Å². The minimum atomic E-state index is -0.634. The van der Waals surface area contributed by atoms with Crippen LogP contribution in [0.2, 0.25) is 0 Å². The molecule has 2 N–H and O–H groups in total. The first kappa shape index (κ1) is 16.2. The van der Waals surface area contributed by atoms with Gasteiger partial charge < -0.3 is 15.2 Å². The topological polar surface area (TPSA) is 95.7 Å². The van der Waals surface area contributed by atoms with E-state index in [9.17, 15) is 14.4 Å². The Labute approximate surface area is 132 Å². The molecule has 0 spiro atoms. The second-order valence-corrected chi connectivity index (χ2v) is 4.67. The molecule has 2 aromatic carbocycles. The lowest BCUT2D eigenvalue weighted by Crippen LogP contribution is -2.13. The van der Waals surface area contributed by atoms with Gasteiger partial charge in [-0.3, -0.25) is 4.79 Å². The number of ether oxygens (including phenoxy) is 2. The molecule has 0 unspecified atom stereocenters. The molecule has 6 heteroatoms. The van der Waals surface area contributed by atoms with Gasteiger partial charge in [-0.15, -0.1) is 0 Å². The van der Waals surface area contributed by atoms with Crippen LogP contribution in [0.1, 0.15) is 36.6 Å². The predicted molar refractivity (Wildman–Crippen MR) is 81.9 cm³/mol. The molecule has 0 saturated heterocycles. The highest BCUT2D eigenvalue weighted by Crippen LogP contribution is 2.13. The minimum Gasteiger partial charge on any atom is -0.465 e. The summed E-state index contributed by atoms with van der Waals surface area (Å²) in [6.07, 6.45) is 0. The molecule has 0 fully saturated rings. The van der Waals surface area contributed by atoms with Crippen LogP contribution in [0.25, 0.3) is 0 Å². The van der Waals surface area contributed by atoms with Crippen molar-refractivity contribution < 1.29 is 23.9 Å². The van der Waals surface area contributed by atoms with Gasteiger partial charge in [-0.05, 0) is 29.8 Å². The molecule has 0 radical (unpaired) electrons. The molecular weight excluding hydrogens is 298 g/mol. The van der Waals surface area contributed by atoms with Crippen LogP contribution in [0, 0.1) is 0 Å². The van der Waals surface area contributed by atoms with E-state index in [0.717, 1.165) is 0 Å². The van der Waals surface area contributed by atoms with Gasteiger partial charge in [0, 0.05) is 5.56 Å². The van der Waals surface area contributed by atoms with Crippen LogP contribution in [-0.4, -0.2) is 25.0 Å². The molecule has 2 rings (SSSR count). The standard InChI is InChI=1S/C17H15NO5/c1-22-16(20)13-4-2-3-5-14(13)17(21)23-10-11-6-8-12(9-7-11)15(18)19/h2-9H,10H2,1H3,(H2,18,19). The molecule has 0 atom stereocenters. The van der Waals surface area contributed by atoms with Gasteiger partial charge >= 0.3 is 11.9 Å². The fraction of sp³-hybridized carbons (Fsp3) is 0.118. The van der Waals surface area contributed by atoms with Crippen molar-refractivity contribution in [2.45, 2.75) is 6.61 Å². The van der Waals surface area contributed by atoms with Gasteiger partial charge in [0.15, 0.2) is 0 Å². The molecule has 0 bridgehead atoms. The van der Waals surface area contributed by atoms with E-state index in [1.54, 1.807) is 36.4 Å². The van der Waals surface area contributed by atoms with Gasteiger partial charge in [-0.25, -0.2) is 9.59 Å². The minimum absolute atomic E-state index is 0.00732. The summed E-state index contributed by atoms with van der Waals surface area (Å²) in [7, 11) is 1.24. The predicted octanol–water partition coefficient (Wildman–Crippen LogP) is 1.93. The van der Waals surface area contributed by atoms with E-state index in [1.807, 2.05) is 0 Å². The van der Waals surface area contributed by atoms with E-state index in [0.29, 0.717) is 11.1 Å². The van der Waals surface area contributed by atoms with Gasteiger partial charge in [0.25, 0.3) is 0 Å². The van der Waals surface area contributed by atoms with E-state index in [-0.39, 0.29) is 17.7 Å². The Hall–Kier alpha value is -3.15. The van der Waals surface area contributed by atoms with Crippen molar-refractivity contribution in [3.05, 3.63) is 70.8 Å². The van der Waals surface area contributed by atoms with Crippen molar-refractivity contribution in [2.24, 2.45) is 5.73 Å². The van der Waals surface area contributed by atoms with Gasteiger partial charge in [0.2, 0.25) is 5.91 Å². The molecular formula is C17H15NO5. The highest BCUT2D eigenvalue weighted by atomic mass is 16.5. The maximum atomic E-state index is 12.1. The first-order valence-corrected chi connectivity index (χ1v) is 6.76. The number of hydrogen-bond donors (Lipinski definition) is 1. The summed E-state index contributed by atoms with van der Waals surface area (Å²) >= 11 is 0. The van der Waals surface area contributed by atoms with Crippen molar-refractivity contribution in [1.29, 1.82) is 0 Å². The fourth-order valence-electron chi connectivity index (χ4n) is 1.94. The normalized spacial score (nSPS) is 9.96. The Bertz CT molecular complexity index is 737. The number of amides is 1. The second kappa shape index (κ2) is 7.22. The second-order valence-electron chi connectivity index (χ2n) is 4.67. The Kier molecular flexibility index (Phi) is 5.09. The molecule has 118 valence electrons. The molecule has 0 aliphatic rings. The van der Waals surface area contributed by atoms with E-state index in [1.165, 1.54) is 19.2 Å². The van der Waals surface area contributed by atoms with E-state index < -0.39 is 17.8 Å². The average molecular weight is 313 g/mol. The molecule has 0 aliphatic heterocycles. The average Bonchev–Trinajstić information content (AvgIpc) is 2.59. The molecule has 23 heavy (non-hydrogen) atoms. The summed E-state index contributed by atoms with van der Waals surface area (Å²) in [5.41, 5.74) is 6.49. The zero-order valence-corrected chi connectivity index (χ0v) is 12.4. The first-order valence-electron chi connectivity index (χ1n) is 6.76. The highest BCUT2D eigenvalue weighted by molar-refractivity contribution is 6.03. The van der Waals surface area contributed by atoms with Crippen LogP contribution >= 0.6 is 0 Å². The van der Waals surface area contributed by atoms with Crippen molar-refractivity contribution in [1.82, 2.24) is 0 Å². The van der Waals surface area contributed by atoms with Crippen LogP contribution < -0.4 is 5.73 Å². The zero-order valence-electron chi connectivity index (χ0n) is 12.4. The monoisotopic (exact) mass is 313 g/mol. The number of hydrogen-bond acceptors (Lipinski definition) is 5. The first-order chi connectivity index (χ1) is 11.0. The number of methoxy groups -OCH3 is 1. The highest BCUT2D eigenvalue weighted by Gasteiger charge is 2.18. The molecule has 0 aliphatic carbocycles. The Balaban J connectivity index is 2.08. The molecule has 2 aromatic rings. The van der Waals surface area contributed by atoms with E-state index in [4.69, 9.17) is 10.5 Å². The lowest BCUT2D eigenvalue weighted by Gasteiger charge is -2.08. The molecule has 6 nitrogen and oxygen atoms in total. The smallest absolute Gasteiger partial charge is 0.339 e. The third-order valence-electron chi connectivity index (χ3n) is 3.16. The Morgan fingerprint density at radius 2 is 1.48 bits per heavy atom. The summed E-state index contributed by atoms with van der Waals surface area (Å²) in [4.78, 5) is 34.8. The number of rotatable bonds is 5. The lowest BCUT2D eigenvalue weighted by molar-refractivity contribution is 0.0457. The summed E-state index contributed by atoms with van der Waals surface area (Å²) in [6.45, 7) is 0.00732. The third kappa shape index (κ3) is 3.94. The van der Waals surface area contributed by atoms with Crippen molar-refractivity contribution in [3.63, 3.8) is 0 Å². The number of esters is 2. The van der Waals surface area contributed by atoms with Gasteiger partial charge in [-0.1, -0.05) is 24.3 Å². The number of carbonyl (C=O) groups excluding carboxylic acids is 3. The maximum absolute atomic E-state index is 12.1. The quantitative estimate of drug-likeness (QED) is 0.851. The van der Waals surface area contributed by atoms with Crippen LogP contribution in [0.5, 0.6) is 0 Å². The molecule has 0 heterocycles. The van der Waals surface area contributed by atoms with E-state index >= 15 is 0 Å². The number of carbonyl (C=O) groups is 3. The van der Waals surface area contributed by atoms with Gasteiger partial charge in [0.1, 0.15) is 6.61 Å². The summed E-state index contributed by atoms with van der Waals surface area (Å²) in [6, 6.07) is 12.6. The third-order valence-corrected chi connectivity index (χ3v) is 3.16. The number of benzene rings is 2. The van der Waals surface area contributed by atoms with Crippen LogP contribution in [0.4, 0.5) is 0 Å². The molecule has 1 amide bonds. The van der Waals surface area contributed by atoms with Crippen molar-refractivity contribution in [3.8, 4) is 0 Å². The zero-order chi connectivity index (χ0) is 16.8.